The molecule has 0 radical (unpaired) electrons. The van der Waals surface area contributed by atoms with Gasteiger partial charge in [-0.15, -0.1) is 0 Å². The Morgan fingerprint density at radius 1 is 0.619 bits per heavy atom. The first-order valence-electron chi connectivity index (χ1n) is 15.0. The van der Waals surface area contributed by atoms with Crippen molar-refractivity contribution in [2.24, 2.45) is 5.92 Å². The summed E-state index contributed by atoms with van der Waals surface area (Å²) in [5.74, 6) is 0.779. The van der Waals surface area contributed by atoms with Gasteiger partial charge in [-0.3, -0.25) is 0 Å². The van der Waals surface area contributed by atoms with Gasteiger partial charge in [0.25, 0.3) is 0 Å². The lowest BCUT2D eigenvalue weighted by molar-refractivity contribution is 0.412. The summed E-state index contributed by atoms with van der Waals surface area (Å²) in [7, 11) is 0. The van der Waals surface area contributed by atoms with Crippen LogP contribution in [0.25, 0.3) is 16.7 Å². The van der Waals surface area contributed by atoms with Gasteiger partial charge >= 0.3 is 0 Å². The zero-order chi connectivity index (χ0) is 28.7. The van der Waals surface area contributed by atoms with Gasteiger partial charge < -0.3 is 0 Å². The molecule has 4 aromatic carbocycles. The average Bonchev–Trinajstić information content (AvgIpc) is 3.02. The van der Waals surface area contributed by atoms with Gasteiger partial charge in [0, 0.05) is 20.3 Å². The Bertz CT molecular complexity index is 1730. The standard InChI is InChI=1S/C40H34Br2/c1-40(35-16-6-27(7-17-35)29-12-22-38(41)23-13-29,36-18-8-28(9-19-36)30-14-24-39(42)25-15-30)37-20-10-32(11-21-37)34-5-3-31-2-4-33(31)26-34/h3,5-8,10-20,22-26,28,37H,2,4,9,21H2,1H3. The van der Waals surface area contributed by atoms with Crippen molar-refractivity contribution in [2.75, 3.05) is 0 Å². The fourth-order valence-electron chi connectivity index (χ4n) is 6.85. The largest absolute Gasteiger partial charge is 0.0795 e. The molecule has 0 aromatic heterocycles. The first kappa shape index (κ1) is 27.6. The van der Waals surface area contributed by atoms with Crippen molar-refractivity contribution in [3.05, 3.63) is 170 Å². The minimum atomic E-state index is -0.140. The number of allylic oxidation sites excluding steroid dienone is 8. The molecule has 7 rings (SSSR count). The Kier molecular flexibility index (Phi) is 7.54. The fourth-order valence-corrected chi connectivity index (χ4v) is 7.37. The smallest absolute Gasteiger partial charge is 0.0237 e. The van der Waals surface area contributed by atoms with Gasteiger partial charge in [-0.2, -0.15) is 0 Å². The third-order valence-electron chi connectivity index (χ3n) is 9.70. The molecule has 0 bridgehead atoms. The normalized spacial score (nSPS) is 20.6. The number of hydrogen-bond donors (Lipinski definition) is 0. The molecular weight excluding hydrogens is 640 g/mol. The van der Waals surface area contributed by atoms with Crippen LogP contribution in [-0.4, -0.2) is 0 Å². The minimum Gasteiger partial charge on any atom is -0.0795 e. The van der Waals surface area contributed by atoms with Gasteiger partial charge in [-0.05, 0) is 106 Å². The molecule has 0 heterocycles. The summed E-state index contributed by atoms with van der Waals surface area (Å²) in [5.41, 5.74) is 12.3. The van der Waals surface area contributed by atoms with Crippen molar-refractivity contribution >= 4 is 37.4 Å². The van der Waals surface area contributed by atoms with E-state index in [1.165, 1.54) is 62.9 Å². The number of halogens is 2. The first-order valence-corrected chi connectivity index (χ1v) is 16.6. The van der Waals surface area contributed by atoms with E-state index in [1.807, 2.05) is 0 Å². The highest BCUT2D eigenvalue weighted by molar-refractivity contribution is 9.10. The molecule has 208 valence electrons. The summed E-state index contributed by atoms with van der Waals surface area (Å²) in [6.07, 6.45) is 19.1. The van der Waals surface area contributed by atoms with E-state index in [-0.39, 0.29) is 5.41 Å². The van der Waals surface area contributed by atoms with Crippen LogP contribution in [0.15, 0.2) is 142 Å². The molecule has 0 saturated carbocycles. The second-order valence-electron chi connectivity index (χ2n) is 12.0. The van der Waals surface area contributed by atoms with E-state index in [0.717, 1.165) is 21.8 Å². The molecule has 0 aliphatic heterocycles. The molecule has 0 spiro atoms. The Hall–Kier alpha value is -3.20. The summed E-state index contributed by atoms with van der Waals surface area (Å²) >= 11 is 7.15. The molecule has 0 saturated heterocycles. The van der Waals surface area contributed by atoms with Crippen molar-refractivity contribution in [2.45, 2.75) is 43.9 Å². The van der Waals surface area contributed by atoms with Crippen molar-refractivity contribution in [3.8, 4) is 11.1 Å². The maximum absolute atomic E-state index is 3.58. The average molecular weight is 675 g/mol. The van der Waals surface area contributed by atoms with Crippen LogP contribution in [0, 0.1) is 5.92 Å². The lowest BCUT2D eigenvalue weighted by Crippen LogP contribution is -2.34. The maximum Gasteiger partial charge on any atom is 0.0237 e. The van der Waals surface area contributed by atoms with Gasteiger partial charge in [0.1, 0.15) is 0 Å². The van der Waals surface area contributed by atoms with Gasteiger partial charge in [0.15, 0.2) is 0 Å². The van der Waals surface area contributed by atoms with Crippen LogP contribution >= 0.6 is 31.9 Å². The first-order chi connectivity index (χ1) is 20.5. The molecule has 0 amide bonds. The van der Waals surface area contributed by atoms with Crippen LogP contribution in [0.1, 0.15) is 53.5 Å². The van der Waals surface area contributed by atoms with E-state index < -0.39 is 0 Å². The van der Waals surface area contributed by atoms with E-state index in [2.05, 4.69) is 166 Å². The van der Waals surface area contributed by atoms with E-state index in [4.69, 9.17) is 0 Å². The number of rotatable bonds is 6. The molecule has 0 N–H and O–H groups in total. The molecule has 42 heavy (non-hydrogen) atoms. The van der Waals surface area contributed by atoms with Crippen molar-refractivity contribution in [3.63, 3.8) is 0 Å². The number of benzene rings is 4. The summed E-state index contributed by atoms with van der Waals surface area (Å²) in [5, 5.41) is 0. The van der Waals surface area contributed by atoms with Crippen molar-refractivity contribution in [1.29, 1.82) is 0 Å². The Morgan fingerprint density at radius 2 is 1.26 bits per heavy atom. The van der Waals surface area contributed by atoms with Crippen LogP contribution < -0.4 is 0 Å². The van der Waals surface area contributed by atoms with Crippen molar-refractivity contribution in [1.82, 2.24) is 0 Å². The summed E-state index contributed by atoms with van der Waals surface area (Å²) in [6.45, 7) is 2.46. The second-order valence-corrected chi connectivity index (χ2v) is 13.9. The number of aryl methyl sites for hydroxylation is 2. The van der Waals surface area contributed by atoms with Gasteiger partial charge in [-0.25, -0.2) is 0 Å². The maximum atomic E-state index is 3.58. The van der Waals surface area contributed by atoms with Crippen LogP contribution in [0.3, 0.4) is 0 Å². The van der Waals surface area contributed by atoms with E-state index in [0.29, 0.717) is 11.8 Å². The molecule has 3 unspecified atom stereocenters. The predicted octanol–water partition coefficient (Wildman–Crippen LogP) is 11.6. The number of hydrogen-bond acceptors (Lipinski definition) is 0. The minimum absolute atomic E-state index is 0.140. The van der Waals surface area contributed by atoms with E-state index >= 15 is 0 Å². The number of fused-ring (bicyclic) bond motifs is 1. The van der Waals surface area contributed by atoms with Gasteiger partial charge in [0.05, 0.1) is 0 Å². The highest BCUT2D eigenvalue weighted by atomic mass is 79.9. The van der Waals surface area contributed by atoms with Crippen molar-refractivity contribution < 1.29 is 0 Å². The second kappa shape index (κ2) is 11.5. The topological polar surface area (TPSA) is 0 Å². The summed E-state index contributed by atoms with van der Waals surface area (Å²) in [4.78, 5) is 0. The SMILES string of the molecule is CC(C1=CCC(c2ccc(Br)cc2)C=C1)(c1ccc(-c2ccc(Br)cc2)cc1)C1C=CC(c2ccc3c(c2)CC3)=CC1. The summed E-state index contributed by atoms with van der Waals surface area (Å²) in [6, 6.07) is 33.7. The molecule has 0 nitrogen and oxygen atoms in total. The van der Waals surface area contributed by atoms with Crippen LogP contribution in [0.2, 0.25) is 0 Å². The van der Waals surface area contributed by atoms with Crippen LogP contribution in [0.5, 0.6) is 0 Å². The van der Waals surface area contributed by atoms with E-state index in [9.17, 15) is 0 Å². The zero-order valence-electron chi connectivity index (χ0n) is 23.9. The highest BCUT2D eigenvalue weighted by Gasteiger charge is 2.38. The zero-order valence-corrected chi connectivity index (χ0v) is 27.0. The van der Waals surface area contributed by atoms with Gasteiger partial charge in [-0.1, -0.05) is 142 Å². The molecule has 4 aromatic rings. The molecule has 3 aliphatic rings. The highest BCUT2D eigenvalue weighted by Crippen LogP contribution is 2.47. The molecular formula is C40H34Br2. The van der Waals surface area contributed by atoms with Crippen LogP contribution in [0.4, 0.5) is 0 Å². The lowest BCUT2D eigenvalue weighted by Gasteiger charge is -2.40. The van der Waals surface area contributed by atoms with Crippen LogP contribution in [-0.2, 0) is 18.3 Å². The Balaban J connectivity index is 1.20. The molecule has 2 heteroatoms. The monoisotopic (exact) mass is 672 g/mol. The Morgan fingerprint density at radius 3 is 1.83 bits per heavy atom. The van der Waals surface area contributed by atoms with E-state index in [1.54, 1.807) is 0 Å². The molecule has 3 atom stereocenters. The lowest BCUT2D eigenvalue weighted by atomic mass is 9.63. The molecule has 3 aliphatic carbocycles. The molecule has 0 fully saturated rings. The quantitative estimate of drug-likeness (QED) is 0.191. The van der Waals surface area contributed by atoms with Gasteiger partial charge in [0.2, 0.25) is 0 Å². The Labute approximate surface area is 266 Å². The fraction of sp³-hybridized carbons (Fsp3) is 0.200. The third kappa shape index (κ3) is 5.25. The summed E-state index contributed by atoms with van der Waals surface area (Å²) < 4.78 is 2.23. The predicted molar refractivity (Wildman–Crippen MR) is 185 cm³/mol. The third-order valence-corrected chi connectivity index (χ3v) is 10.8.